The van der Waals surface area contributed by atoms with E-state index in [0.717, 1.165) is 12.8 Å². The zero-order valence-corrected chi connectivity index (χ0v) is 22.9. The quantitative estimate of drug-likeness (QED) is 0.605. The van der Waals surface area contributed by atoms with Crippen LogP contribution < -0.4 is 15.7 Å². The van der Waals surface area contributed by atoms with Crippen LogP contribution in [0, 0.1) is 0 Å². The Morgan fingerprint density at radius 3 is 2.09 bits per heavy atom. The predicted octanol–water partition coefficient (Wildman–Crippen LogP) is 4.09. The van der Waals surface area contributed by atoms with Crippen LogP contribution in [-0.4, -0.2) is 57.9 Å². The van der Waals surface area contributed by atoms with E-state index in [1.165, 1.54) is 23.0 Å². The first-order valence-electron chi connectivity index (χ1n) is 12.3. The summed E-state index contributed by atoms with van der Waals surface area (Å²) in [5.41, 5.74) is 1.18. The largest absolute Gasteiger partial charge is 0.453 e. The van der Waals surface area contributed by atoms with Gasteiger partial charge in [0.1, 0.15) is 0 Å². The number of hydrogen-bond acceptors (Lipinski definition) is 4. The minimum absolute atomic E-state index is 0.132. The lowest BCUT2D eigenvalue weighted by atomic mass is 9.87. The molecule has 34 heavy (non-hydrogen) atoms. The Hall–Kier alpha value is -2.15. The van der Waals surface area contributed by atoms with Crippen LogP contribution >= 0.6 is 0 Å². The van der Waals surface area contributed by atoms with Crippen molar-refractivity contribution in [2.45, 2.75) is 77.4 Å². The first-order chi connectivity index (χ1) is 16.0. The summed E-state index contributed by atoms with van der Waals surface area (Å²) < 4.78 is 11.7. The molecule has 5 nitrogen and oxygen atoms in total. The third-order valence-corrected chi connectivity index (χ3v) is 8.59. The lowest BCUT2D eigenvalue weighted by Crippen LogP contribution is -2.52. The SMILES string of the molecule is COC(=O)N(CC1CCC(CO[Si](c2ccccc2)c2ccc(C(C)(C)C)cc2)N1)C(C)(C)C. The highest BCUT2D eigenvalue weighted by Crippen LogP contribution is 2.22. The van der Waals surface area contributed by atoms with Crippen molar-refractivity contribution >= 4 is 25.5 Å². The molecule has 0 saturated carbocycles. The first-order valence-corrected chi connectivity index (χ1v) is 13.7. The fourth-order valence-corrected chi connectivity index (χ4v) is 6.36. The van der Waals surface area contributed by atoms with Crippen molar-refractivity contribution in [3.05, 3.63) is 60.2 Å². The second kappa shape index (κ2) is 11.1. The van der Waals surface area contributed by atoms with E-state index in [2.05, 4.69) is 80.7 Å². The minimum atomic E-state index is -1.35. The van der Waals surface area contributed by atoms with E-state index in [-0.39, 0.29) is 29.1 Å². The van der Waals surface area contributed by atoms with E-state index in [9.17, 15) is 4.79 Å². The highest BCUT2D eigenvalue weighted by Gasteiger charge is 2.33. The number of ether oxygens (including phenoxy) is 1. The maximum Gasteiger partial charge on any atom is 0.409 e. The third kappa shape index (κ3) is 6.93. The molecule has 1 heterocycles. The van der Waals surface area contributed by atoms with Gasteiger partial charge in [-0.3, -0.25) is 0 Å². The molecule has 1 aliphatic rings. The van der Waals surface area contributed by atoms with Crippen molar-refractivity contribution in [3.8, 4) is 0 Å². The lowest BCUT2D eigenvalue weighted by molar-refractivity contribution is 0.0781. The van der Waals surface area contributed by atoms with E-state index in [4.69, 9.17) is 9.16 Å². The van der Waals surface area contributed by atoms with Crippen molar-refractivity contribution in [1.82, 2.24) is 10.2 Å². The van der Waals surface area contributed by atoms with Gasteiger partial charge in [-0.2, -0.15) is 0 Å². The van der Waals surface area contributed by atoms with E-state index in [0.29, 0.717) is 13.2 Å². The van der Waals surface area contributed by atoms with Gasteiger partial charge in [-0.1, -0.05) is 75.4 Å². The number of carbonyl (C=O) groups excluding carboxylic acids is 1. The zero-order valence-electron chi connectivity index (χ0n) is 21.9. The average Bonchev–Trinajstić information content (AvgIpc) is 3.24. The molecule has 2 aromatic rings. The molecule has 1 fully saturated rings. The standard InChI is InChI=1S/C28H41N2O3Si/c1-27(2,3)21-13-17-25(18-14-21)34(24-11-9-8-10-12-24)33-20-23-16-15-22(29-23)19-30(26(31)32-7)28(4,5)6/h8-14,17-18,22-23,29H,15-16,19-20H2,1-7H3. The summed E-state index contributed by atoms with van der Waals surface area (Å²) in [6.45, 7) is 14.1. The third-order valence-electron chi connectivity index (χ3n) is 6.42. The van der Waals surface area contributed by atoms with Crippen molar-refractivity contribution in [2.75, 3.05) is 20.3 Å². The fourth-order valence-electron chi connectivity index (χ4n) is 4.36. The van der Waals surface area contributed by atoms with Gasteiger partial charge in [0.25, 0.3) is 9.04 Å². The number of benzene rings is 2. The predicted molar refractivity (Wildman–Crippen MR) is 141 cm³/mol. The van der Waals surface area contributed by atoms with Gasteiger partial charge in [0.05, 0.1) is 7.11 Å². The Morgan fingerprint density at radius 2 is 1.53 bits per heavy atom. The number of hydrogen-bond donors (Lipinski definition) is 1. The van der Waals surface area contributed by atoms with Crippen LogP contribution in [0.2, 0.25) is 0 Å². The molecule has 2 aromatic carbocycles. The van der Waals surface area contributed by atoms with Crippen molar-refractivity contribution in [2.24, 2.45) is 0 Å². The molecule has 1 amide bonds. The van der Waals surface area contributed by atoms with Crippen LogP contribution in [0.3, 0.4) is 0 Å². The fraction of sp³-hybridized carbons (Fsp3) is 0.536. The number of amides is 1. The smallest absolute Gasteiger partial charge is 0.409 e. The van der Waals surface area contributed by atoms with Crippen LogP contribution in [0.1, 0.15) is 59.9 Å². The Balaban J connectivity index is 1.67. The second-order valence-electron chi connectivity index (χ2n) is 11.2. The van der Waals surface area contributed by atoms with Crippen LogP contribution in [0.25, 0.3) is 0 Å². The van der Waals surface area contributed by atoms with Gasteiger partial charge >= 0.3 is 6.09 Å². The molecule has 2 atom stereocenters. The van der Waals surface area contributed by atoms with Crippen LogP contribution in [-0.2, 0) is 14.6 Å². The van der Waals surface area contributed by atoms with Gasteiger partial charge in [-0.05, 0) is 55.0 Å². The van der Waals surface area contributed by atoms with Gasteiger partial charge in [-0.15, -0.1) is 0 Å². The second-order valence-corrected chi connectivity index (χ2v) is 13.3. The number of rotatable bonds is 7. The van der Waals surface area contributed by atoms with Gasteiger partial charge in [0.2, 0.25) is 0 Å². The molecule has 1 radical (unpaired) electrons. The Labute approximate surface area is 207 Å². The topological polar surface area (TPSA) is 50.8 Å². The number of nitrogens with one attached hydrogen (secondary N) is 1. The first kappa shape index (κ1) is 26.5. The molecule has 0 aromatic heterocycles. The average molecular weight is 482 g/mol. The Morgan fingerprint density at radius 1 is 0.941 bits per heavy atom. The number of methoxy groups -OCH3 is 1. The highest BCUT2D eigenvalue weighted by atomic mass is 28.3. The summed E-state index contributed by atoms with van der Waals surface area (Å²) in [4.78, 5) is 14.1. The Kier molecular flexibility index (Phi) is 8.60. The summed E-state index contributed by atoms with van der Waals surface area (Å²) in [5, 5.41) is 6.23. The van der Waals surface area contributed by atoms with Crippen LogP contribution in [0.15, 0.2) is 54.6 Å². The molecule has 0 aliphatic carbocycles. The maximum absolute atomic E-state index is 12.3. The van der Waals surface area contributed by atoms with E-state index in [1.54, 1.807) is 0 Å². The van der Waals surface area contributed by atoms with Crippen molar-refractivity contribution in [1.29, 1.82) is 0 Å². The molecular weight excluding hydrogens is 440 g/mol. The molecule has 0 bridgehead atoms. The summed E-state index contributed by atoms with van der Waals surface area (Å²) in [7, 11) is 0.0925. The van der Waals surface area contributed by atoms with E-state index < -0.39 is 9.04 Å². The zero-order chi connectivity index (χ0) is 24.9. The monoisotopic (exact) mass is 481 g/mol. The van der Waals surface area contributed by atoms with Crippen LogP contribution in [0.4, 0.5) is 4.79 Å². The van der Waals surface area contributed by atoms with Crippen molar-refractivity contribution in [3.63, 3.8) is 0 Å². The normalized spacial score (nSPS) is 18.8. The number of nitrogens with zero attached hydrogens (tertiary/aromatic N) is 1. The lowest BCUT2D eigenvalue weighted by Gasteiger charge is -2.36. The van der Waals surface area contributed by atoms with Gasteiger partial charge in [-0.25, -0.2) is 4.79 Å². The van der Waals surface area contributed by atoms with Gasteiger partial charge < -0.3 is 19.4 Å². The molecule has 2 unspecified atom stereocenters. The minimum Gasteiger partial charge on any atom is -0.453 e. The summed E-state index contributed by atoms with van der Waals surface area (Å²) in [6.07, 6.45) is 1.78. The summed E-state index contributed by atoms with van der Waals surface area (Å²) in [5.74, 6) is 0. The molecular formula is C28H41N2O3Si. The molecule has 185 valence electrons. The molecule has 1 saturated heterocycles. The van der Waals surface area contributed by atoms with E-state index >= 15 is 0 Å². The molecule has 1 aliphatic heterocycles. The summed E-state index contributed by atoms with van der Waals surface area (Å²) >= 11 is 0. The molecule has 1 N–H and O–H groups in total. The molecule has 0 spiro atoms. The summed E-state index contributed by atoms with van der Waals surface area (Å²) in [6, 6.07) is 20.1. The van der Waals surface area contributed by atoms with Crippen LogP contribution in [0.5, 0.6) is 0 Å². The number of carbonyl (C=O) groups is 1. The van der Waals surface area contributed by atoms with Crippen molar-refractivity contribution < 1.29 is 14.0 Å². The van der Waals surface area contributed by atoms with Gasteiger partial charge in [0, 0.05) is 30.8 Å². The van der Waals surface area contributed by atoms with E-state index in [1.807, 2.05) is 25.7 Å². The maximum atomic E-state index is 12.3. The molecule has 3 rings (SSSR count). The highest BCUT2D eigenvalue weighted by molar-refractivity contribution is 6.80. The van der Waals surface area contributed by atoms with Gasteiger partial charge in [0.15, 0.2) is 0 Å². The Bertz CT molecular complexity index is 919. The molecule has 6 heteroatoms.